The highest BCUT2D eigenvalue weighted by Crippen LogP contribution is 2.21. The molecule has 0 amide bonds. The second-order valence-corrected chi connectivity index (χ2v) is 7.35. The number of epoxide rings is 1. The van der Waals surface area contributed by atoms with Crippen LogP contribution in [0.15, 0.2) is 29.2 Å². The van der Waals surface area contributed by atoms with Crippen LogP contribution in [0.4, 0.5) is 0 Å². The van der Waals surface area contributed by atoms with Gasteiger partial charge in [0.2, 0.25) is 0 Å². The monoisotopic (exact) mass is 284 g/mol. The SMILES string of the molecule is CC(C)CCS(=O)(=O)c1cccc(OCC2CO2)c1. The summed E-state index contributed by atoms with van der Waals surface area (Å²) in [5, 5.41) is 0. The quantitative estimate of drug-likeness (QED) is 0.721. The lowest BCUT2D eigenvalue weighted by Gasteiger charge is -2.09. The molecule has 0 spiro atoms. The lowest BCUT2D eigenvalue weighted by atomic mass is 10.2. The van der Waals surface area contributed by atoms with Gasteiger partial charge in [0, 0.05) is 0 Å². The van der Waals surface area contributed by atoms with E-state index in [0.717, 1.165) is 6.61 Å². The van der Waals surface area contributed by atoms with Crippen molar-refractivity contribution in [2.24, 2.45) is 5.92 Å². The van der Waals surface area contributed by atoms with Crippen LogP contribution in [0.1, 0.15) is 20.3 Å². The van der Waals surface area contributed by atoms with Gasteiger partial charge < -0.3 is 9.47 Å². The molecule has 1 atom stereocenters. The summed E-state index contributed by atoms with van der Waals surface area (Å²) in [6.07, 6.45) is 0.838. The molecule has 0 saturated carbocycles. The van der Waals surface area contributed by atoms with Gasteiger partial charge in [0.15, 0.2) is 9.84 Å². The highest BCUT2D eigenvalue weighted by molar-refractivity contribution is 7.91. The highest BCUT2D eigenvalue weighted by atomic mass is 32.2. The van der Waals surface area contributed by atoms with Crippen molar-refractivity contribution >= 4 is 9.84 Å². The Morgan fingerprint density at radius 3 is 2.79 bits per heavy atom. The molecule has 106 valence electrons. The van der Waals surface area contributed by atoms with Gasteiger partial charge in [-0.1, -0.05) is 19.9 Å². The summed E-state index contributed by atoms with van der Waals surface area (Å²) in [5.74, 6) is 1.14. The van der Waals surface area contributed by atoms with E-state index in [1.165, 1.54) is 0 Å². The summed E-state index contributed by atoms with van der Waals surface area (Å²) < 4.78 is 34.9. The largest absolute Gasteiger partial charge is 0.491 e. The number of ether oxygens (including phenoxy) is 2. The first-order valence-electron chi connectivity index (χ1n) is 6.54. The molecule has 0 radical (unpaired) electrons. The predicted octanol–water partition coefficient (Wildman–Crippen LogP) is 2.28. The molecule has 0 aliphatic carbocycles. The zero-order chi connectivity index (χ0) is 13.9. The Labute approximate surface area is 114 Å². The molecule has 4 nitrogen and oxygen atoms in total. The molecule has 0 aromatic heterocycles. The number of rotatable bonds is 7. The Hall–Kier alpha value is -1.07. The zero-order valence-electron chi connectivity index (χ0n) is 11.3. The molecular formula is C14H20O4S. The molecule has 1 aromatic carbocycles. The van der Waals surface area contributed by atoms with Gasteiger partial charge in [0.25, 0.3) is 0 Å². The van der Waals surface area contributed by atoms with Crippen molar-refractivity contribution < 1.29 is 17.9 Å². The molecule has 1 aliphatic heterocycles. The van der Waals surface area contributed by atoms with Gasteiger partial charge in [0.05, 0.1) is 17.3 Å². The van der Waals surface area contributed by atoms with Gasteiger partial charge in [-0.25, -0.2) is 8.42 Å². The van der Waals surface area contributed by atoms with Crippen LogP contribution in [0.3, 0.4) is 0 Å². The van der Waals surface area contributed by atoms with Crippen LogP contribution in [-0.2, 0) is 14.6 Å². The molecule has 2 rings (SSSR count). The van der Waals surface area contributed by atoms with Crippen molar-refractivity contribution in [1.29, 1.82) is 0 Å². The number of hydrogen-bond donors (Lipinski definition) is 0. The predicted molar refractivity (Wildman–Crippen MR) is 73.2 cm³/mol. The Bertz CT molecular complexity index is 518. The minimum absolute atomic E-state index is 0.168. The van der Waals surface area contributed by atoms with Crippen LogP contribution in [0, 0.1) is 5.92 Å². The third-order valence-electron chi connectivity index (χ3n) is 2.97. The van der Waals surface area contributed by atoms with Gasteiger partial charge in [-0.2, -0.15) is 0 Å². The topological polar surface area (TPSA) is 55.9 Å². The van der Waals surface area contributed by atoms with Crippen molar-refractivity contribution in [2.45, 2.75) is 31.3 Å². The molecule has 1 heterocycles. The maximum Gasteiger partial charge on any atom is 0.178 e. The van der Waals surface area contributed by atoms with Crippen LogP contribution < -0.4 is 4.74 Å². The van der Waals surface area contributed by atoms with E-state index in [1.807, 2.05) is 13.8 Å². The first-order chi connectivity index (χ1) is 8.97. The number of sulfone groups is 1. The summed E-state index contributed by atoms with van der Waals surface area (Å²) in [7, 11) is -3.21. The first kappa shape index (κ1) is 14.3. The summed E-state index contributed by atoms with van der Waals surface area (Å²) >= 11 is 0. The highest BCUT2D eigenvalue weighted by Gasteiger charge is 2.23. The normalized spacial score (nSPS) is 18.6. The molecule has 19 heavy (non-hydrogen) atoms. The molecule has 0 N–H and O–H groups in total. The maximum absolute atomic E-state index is 12.2. The zero-order valence-corrected chi connectivity index (χ0v) is 12.2. The van der Waals surface area contributed by atoms with E-state index >= 15 is 0 Å². The molecule has 1 aromatic rings. The molecule has 1 aliphatic rings. The fourth-order valence-corrected chi connectivity index (χ4v) is 3.22. The van der Waals surface area contributed by atoms with Crippen LogP contribution in [0.25, 0.3) is 0 Å². The van der Waals surface area contributed by atoms with Gasteiger partial charge in [-0.15, -0.1) is 0 Å². The van der Waals surface area contributed by atoms with Gasteiger partial charge >= 0.3 is 0 Å². The van der Waals surface area contributed by atoms with Gasteiger partial charge in [0.1, 0.15) is 18.5 Å². The Morgan fingerprint density at radius 2 is 2.16 bits per heavy atom. The summed E-state index contributed by atoms with van der Waals surface area (Å²) in [5.41, 5.74) is 0. The van der Waals surface area contributed by atoms with E-state index in [9.17, 15) is 8.42 Å². The smallest absolute Gasteiger partial charge is 0.178 e. The molecule has 1 fully saturated rings. The van der Waals surface area contributed by atoms with Gasteiger partial charge in [-0.05, 0) is 30.5 Å². The maximum atomic E-state index is 12.2. The van der Waals surface area contributed by atoms with Crippen LogP contribution in [0.2, 0.25) is 0 Å². The summed E-state index contributed by atoms with van der Waals surface area (Å²) in [6.45, 7) is 5.25. The molecule has 1 saturated heterocycles. The molecule has 0 bridgehead atoms. The Balaban J connectivity index is 2.03. The number of hydrogen-bond acceptors (Lipinski definition) is 4. The van der Waals surface area contributed by atoms with E-state index in [4.69, 9.17) is 9.47 Å². The second kappa shape index (κ2) is 5.92. The van der Waals surface area contributed by atoms with Crippen molar-refractivity contribution in [1.82, 2.24) is 0 Å². The molecule has 1 unspecified atom stereocenters. The van der Waals surface area contributed by atoms with Crippen molar-refractivity contribution in [3.8, 4) is 5.75 Å². The van der Waals surface area contributed by atoms with E-state index in [1.54, 1.807) is 24.3 Å². The minimum atomic E-state index is -3.21. The Kier molecular flexibility index (Phi) is 4.47. The lowest BCUT2D eigenvalue weighted by molar-refractivity contribution is 0.262. The average Bonchev–Trinajstić information content (AvgIpc) is 3.18. The minimum Gasteiger partial charge on any atom is -0.491 e. The van der Waals surface area contributed by atoms with Crippen molar-refractivity contribution in [3.05, 3.63) is 24.3 Å². The standard InChI is InChI=1S/C14H20O4S/c1-11(2)6-7-19(15,16)14-5-3-4-12(8-14)17-9-13-10-18-13/h3-5,8,11,13H,6-7,9-10H2,1-2H3. The van der Waals surface area contributed by atoms with Crippen LogP contribution >= 0.6 is 0 Å². The van der Waals surface area contributed by atoms with E-state index < -0.39 is 9.84 Å². The first-order valence-corrected chi connectivity index (χ1v) is 8.20. The third-order valence-corrected chi connectivity index (χ3v) is 4.71. The molecule has 5 heteroatoms. The van der Waals surface area contributed by atoms with Crippen molar-refractivity contribution in [2.75, 3.05) is 19.0 Å². The Morgan fingerprint density at radius 1 is 1.42 bits per heavy atom. The number of benzene rings is 1. The van der Waals surface area contributed by atoms with Crippen LogP contribution in [-0.4, -0.2) is 33.5 Å². The van der Waals surface area contributed by atoms with Crippen molar-refractivity contribution in [3.63, 3.8) is 0 Å². The van der Waals surface area contributed by atoms with Crippen LogP contribution in [0.5, 0.6) is 5.75 Å². The lowest BCUT2D eigenvalue weighted by Crippen LogP contribution is -2.10. The second-order valence-electron chi connectivity index (χ2n) is 5.24. The summed E-state index contributed by atoms with van der Waals surface area (Å²) in [4.78, 5) is 0.336. The van der Waals surface area contributed by atoms with E-state index in [0.29, 0.717) is 29.6 Å². The fraction of sp³-hybridized carbons (Fsp3) is 0.571. The van der Waals surface area contributed by atoms with E-state index in [-0.39, 0.29) is 11.9 Å². The fourth-order valence-electron chi connectivity index (χ4n) is 1.62. The average molecular weight is 284 g/mol. The summed E-state index contributed by atoms with van der Waals surface area (Å²) in [6, 6.07) is 6.70. The van der Waals surface area contributed by atoms with Gasteiger partial charge in [-0.3, -0.25) is 0 Å². The van der Waals surface area contributed by atoms with E-state index in [2.05, 4.69) is 0 Å². The molecular weight excluding hydrogens is 264 g/mol. The third kappa shape index (κ3) is 4.51.